The fourth-order valence-electron chi connectivity index (χ4n) is 7.43. The van der Waals surface area contributed by atoms with Crippen molar-refractivity contribution in [1.82, 2.24) is 9.88 Å². The summed E-state index contributed by atoms with van der Waals surface area (Å²) in [4.78, 5) is 19.5. The fourth-order valence-corrected chi connectivity index (χ4v) is 8.46. The van der Waals surface area contributed by atoms with Crippen molar-refractivity contribution in [2.45, 2.75) is 108 Å². The smallest absolute Gasteiger partial charge is 0.226 e. The summed E-state index contributed by atoms with van der Waals surface area (Å²) < 4.78 is 2.43. The second kappa shape index (κ2) is 7.25. The minimum atomic E-state index is 0.127. The first-order valence-corrected chi connectivity index (χ1v) is 13.1. The van der Waals surface area contributed by atoms with Gasteiger partial charge < -0.3 is 9.88 Å². The molecule has 6 saturated carbocycles. The highest BCUT2D eigenvalue weighted by Crippen LogP contribution is 2.55. The molecule has 6 fully saturated rings. The molecule has 158 valence electrons. The van der Waals surface area contributed by atoms with Gasteiger partial charge in [-0.3, -0.25) is 9.79 Å². The molecule has 0 saturated heterocycles. The van der Waals surface area contributed by atoms with Crippen LogP contribution in [0.2, 0.25) is 0 Å². The van der Waals surface area contributed by atoms with E-state index in [0.717, 1.165) is 17.8 Å². The van der Waals surface area contributed by atoms with Gasteiger partial charge in [-0.1, -0.05) is 19.3 Å². The van der Waals surface area contributed by atoms with Crippen molar-refractivity contribution < 1.29 is 4.79 Å². The summed E-state index contributed by atoms with van der Waals surface area (Å²) in [5.41, 5.74) is 1.33. The third-order valence-corrected chi connectivity index (χ3v) is 9.28. The van der Waals surface area contributed by atoms with Gasteiger partial charge >= 0.3 is 0 Å². The molecule has 29 heavy (non-hydrogen) atoms. The number of nitrogens with one attached hydrogen (secondary N) is 1. The number of rotatable bonds is 5. The van der Waals surface area contributed by atoms with E-state index in [4.69, 9.17) is 4.99 Å². The number of amides is 1. The summed E-state index contributed by atoms with van der Waals surface area (Å²) in [7, 11) is 0. The normalized spacial score (nSPS) is 37.2. The van der Waals surface area contributed by atoms with Crippen molar-refractivity contribution in [3.63, 3.8) is 0 Å². The highest BCUT2D eigenvalue weighted by molar-refractivity contribution is 7.07. The molecule has 6 aliphatic carbocycles. The van der Waals surface area contributed by atoms with Crippen molar-refractivity contribution in [3.05, 3.63) is 15.9 Å². The fraction of sp³-hybridized carbons (Fsp3) is 0.833. The van der Waals surface area contributed by atoms with Gasteiger partial charge in [0.15, 0.2) is 4.80 Å². The number of thiazole rings is 1. The van der Waals surface area contributed by atoms with Crippen LogP contribution in [-0.2, 0) is 11.2 Å². The van der Waals surface area contributed by atoms with E-state index >= 15 is 0 Å². The average Bonchev–Trinajstić information content (AvgIpc) is 3.43. The predicted octanol–water partition coefficient (Wildman–Crippen LogP) is 4.75. The first-order valence-electron chi connectivity index (χ1n) is 12.2. The van der Waals surface area contributed by atoms with Crippen molar-refractivity contribution in [2.24, 2.45) is 22.7 Å². The van der Waals surface area contributed by atoms with Crippen LogP contribution in [0.5, 0.6) is 0 Å². The highest BCUT2D eigenvalue weighted by Gasteiger charge is 2.51. The van der Waals surface area contributed by atoms with E-state index < -0.39 is 0 Å². The third kappa shape index (κ3) is 3.73. The van der Waals surface area contributed by atoms with Crippen LogP contribution in [-0.4, -0.2) is 22.1 Å². The number of carbonyl (C=O) groups is 1. The van der Waals surface area contributed by atoms with E-state index in [1.807, 2.05) is 0 Å². The molecule has 1 amide bonds. The van der Waals surface area contributed by atoms with Gasteiger partial charge in [-0.2, -0.15) is 0 Å². The standard InChI is InChI=1S/C24H35N3OS/c28-22(26-24-12-16-8-17(13-24)10-18(9-16)14-24)11-21-15-29-23(27(21)20-6-7-20)25-19-4-2-1-3-5-19/h15-20H,1-14H2,(H,26,28). The summed E-state index contributed by atoms with van der Waals surface area (Å²) >= 11 is 1.77. The number of aromatic nitrogens is 1. The largest absolute Gasteiger partial charge is 0.350 e. The zero-order valence-electron chi connectivity index (χ0n) is 17.6. The Bertz CT molecular complexity index is 807. The Kier molecular flexibility index (Phi) is 4.66. The predicted molar refractivity (Wildman–Crippen MR) is 116 cm³/mol. The third-order valence-electron chi connectivity index (χ3n) is 8.38. The lowest BCUT2D eigenvalue weighted by molar-refractivity contribution is -0.126. The topological polar surface area (TPSA) is 46.4 Å². The average molecular weight is 414 g/mol. The van der Waals surface area contributed by atoms with E-state index in [1.165, 1.54) is 94.0 Å². The lowest BCUT2D eigenvalue weighted by atomic mass is 9.53. The number of hydrogen-bond donors (Lipinski definition) is 1. The summed E-state index contributed by atoms with van der Waals surface area (Å²) in [5.74, 6) is 2.88. The maximum Gasteiger partial charge on any atom is 0.226 e. The first-order chi connectivity index (χ1) is 14.2. The molecule has 1 heterocycles. The molecule has 6 aliphatic rings. The second-order valence-electron chi connectivity index (χ2n) is 11.0. The number of hydrogen-bond acceptors (Lipinski definition) is 3. The minimum Gasteiger partial charge on any atom is -0.350 e. The number of nitrogens with zero attached hydrogens (tertiary/aromatic N) is 2. The van der Waals surface area contributed by atoms with E-state index in [1.54, 1.807) is 11.3 Å². The maximum absolute atomic E-state index is 13.1. The van der Waals surface area contributed by atoms with Gasteiger partial charge in [-0.25, -0.2) is 0 Å². The van der Waals surface area contributed by atoms with Gasteiger partial charge in [0.2, 0.25) is 5.91 Å². The molecule has 4 bridgehead atoms. The van der Waals surface area contributed by atoms with Crippen LogP contribution >= 0.6 is 11.3 Å². The van der Waals surface area contributed by atoms with Crippen molar-refractivity contribution in [2.75, 3.05) is 0 Å². The Labute approximate surface area is 178 Å². The van der Waals surface area contributed by atoms with Crippen LogP contribution < -0.4 is 10.1 Å². The minimum absolute atomic E-state index is 0.127. The van der Waals surface area contributed by atoms with E-state index in [9.17, 15) is 4.79 Å². The SMILES string of the molecule is O=C(Cc1csc(=NC2CCCCC2)n1C1CC1)NC12CC3CC(CC(C3)C1)C2. The van der Waals surface area contributed by atoms with E-state index in [2.05, 4.69) is 15.3 Å². The molecule has 0 radical (unpaired) electrons. The van der Waals surface area contributed by atoms with Gasteiger partial charge in [-0.05, 0) is 82.0 Å². The zero-order chi connectivity index (χ0) is 19.4. The highest BCUT2D eigenvalue weighted by atomic mass is 32.1. The zero-order valence-corrected chi connectivity index (χ0v) is 18.4. The van der Waals surface area contributed by atoms with Crippen LogP contribution in [0.3, 0.4) is 0 Å². The molecule has 0 atom stereocenters. The molecule has 5 heteroatoms. The maximum atomic E-state index is 13.1. The van der Waals surface area contributed by atoms with E-state index in [-0.39, 0.29) is 11.4 Å². The first kappa shape index (κ1) is 18.7. The lowest BCUT2D eigenvalue weighted by Gasteiger charge is -2.56. The van der Waals surface area contributed by atoms with Crippen molar-refractivity contribution in [1.29, 1.82) is 0 Å². The monoisotopic (exact) mass is 413 g/mol. The summed E-state index contributed by atoms with van der Waals surface area (Å²) in [6, 6.07) is 1.09. The molecule has 0 spiro atoms. The van der Waals surface area contributed by atoms with Crippen LogP contribution in [0.1, 0.15) is 95.2 Å². The molecule has 0 unspecified atom stereocenters. The Morgan fingerprint density at radius 2 is 1.69 bits per heavy atom. The Hall–Kier alpha value is -1.10. The second-order valence-corrected chi connectivity index (χ2v) is 11.8. The molecule has 0 aromatic carbocycles. The Balaban J connectivity index is 1.19. The van der Waals surface area contributed by atoms with Gasteiger partial charge in [-0.15, -0.1) is 11.3 Å². The van der Waals surface area contributed by atoms with Crippen LogP contribution in [0.15, 0.2) is 10.4 Å². The van der Waals surface area contributed by atoms with Crippen molar-refractivity contribution in [3.8, 4) is 0 Å². The van der Waals surface area contributed by atoms with E-state index in [0.29, 0.717) is 18.5 Å². The quantitative estimate of drug-likeness (QED) is 0.744. The summed E-state index contributed by atoms with van der Waals surface area (Å²) in [6.07, 6.45) is 17.5. The molecule has 7 rings (SSSR count). The van der Waals surface area contributed by atoms with Crippen LogP contribution in [0, 0.1) is 17.8 Å². The molecular formula is C24H35N3OS. The molecule has 0 aliphatic heterocycles. The molecular weight excluding hydrogens is 378 g/mol. The molecule has 1 N–H and O–H groups in total. The van der Waals surface area contributed by atoms with Crippen molar-refractivity contribution >= 4 is 17.2 Å². The molecule has 1 aromatic heterocycles. The molecule has 4 nitrogen and oxygen atoms in total. The van der Waals surface area contributed by atoms with Gasteiger partial charge in [0.05, 0.1) is 12.5 Å². The summed E-state index contributed by atoms with van der Waals surface area (Å²) in [5, 5.41) is 5.79. The van der Waals surface area contributed by atoms with Gasteiger partial charge in [0, 0.05) is 22.7 Å². The Morgan fingerprint density at radius 3 is 2.31 bits per heavy atom. The van der Waals surface area contributed by atoms with Gasteiger partial charge in [0.1, 0.15) is 0 Å². The molecule has 1 aromatic rings. The summed E-state index contributed by atoms with van der Waals surface area (Å²) in [6.45, 7) is 0. The number of carbonyl (C=O) groups excluding carboxylic acids is 1. The lowest BCUT2D eigenvalue weighted by Crippen LogP contribution is -2.60. The van der Waals surface area contributed by atoms with Gasteiger partial charge in [0.25, 0.3) is 0 Å². The van der Waals surface area contributed by atoms with Crippen LogP contribution in [0.4, 0.5) is 0 Å². The Morgan fingerprint density at radius 1 is 1.03 bits per heavy atom. The van der Waals surface area contributed by atoms with Crippen LogP contribution in [0.25, 0.3) is 0 Å².